The van der Waals surface area contributed by atoms with E-state index < -0.39 is 19.8 Å². The number of hydrogen-bond acceptors (Lipinski definition) is 2. The van der Waals surface area contributed by atoms with Gasteiger partial charge >= 0.3 is 0 Å². The molecule has 1 aromatic rings. The predicted octanol–water partition coefficient (Wildman–Crippen LogP) is 2.52. The van der Waals surface area contributed by atoms with Crippen LogP contribution in [0.15, 0.2) is 27.6 Å². The third-order valence-corrected chi connectivity index (χ3v) is 3.13. The van der Waals surface area contributed by atoms with E-state index >= 15 is 0 Å². The van der Waals surface area contributed by atoms with Crippen LogP contribution in [-0.2, 0) is 9.05 Å². The Hall–Kier alpha value is -0.130. The summed E-state index contributed by atoms with van der Waals surface area (Å²) in [4.78, 5) is -0.515. The number of hydrogen-bond donors (Lipinski definition) is 0. The zero-order valence-electron chi connectivity index (χ0n) is 5.59. The molecule has 0 spiro atoms. The first-order valence-corrected chi connectivity index (χ1v) is 5.92. The molecule has 0 aromatic heterocycles. The molecule has 0 radical (unpaired) electrons. The second kappa shape index (κ2) is 3.32. The molecule has 1 aromatic carbocycles. The van der Waals surface area contributed by atoms with E-state index in [2.05, 4.69) is 15.9 Å². The van der Waals surface area contributed by atoms with Crippen molar-refractivity contribution in [3.8, 4) is 0 Å². The SMILES string of the molecule is O=S(=O)(Cl)c1cccc(Br)c1F. The highest BCUT2D eigenvalue weighted by atomic mass is 79.9. The third-order valence-electron chi connectivity index (χ3n) is 1.18. The van der Waals surface area contributed by atoms with Crippen LogP contribution in [0.2, 0.25) is 0 Å². The zero-order valence-corrected chi connectivity index (χ0v) is 8.75. The molecular weight excluding hydrogens is 270 g/mol. The van der Waals surface area contributed by atoms with Crippen LogP contribution in [0.4, 0.5) is 4.39 Å². The largest absolute Gasteiger partial charge is 0.264 e. The molecule has 1 rings (SSSR count). The van der Waals surface area contributed by atoms with Crippen LogP contribution in [0.3, 0.4) is 0 Å². The lowest BCUT2D eigenvalue weighted by molar-refractivity contribution is 0.571. The van der Waals surface area contributed by atoms with Crippen molar-refractivity contribution in [3.05, 3.63) is 28.5 Å². The molecule has 0 atom stereocenters. The van der Waals surface area contributed by atoms with Crippen LogP contribution in [0.5, 0.6) is 0 Å². The van der Waals surface area contributed by atoms with E-state index in [-0.39, 0.29) is 4.47 Å². The van der Waals surface area contributed by atoms with Gasteiger partial charge in [0.25, 0.3) is 9.05 Å². The smallest absolute Gasteiger partial charge is 0.207 e. The summed E-state index contributed by atoms with van der Waals surface area (Å²) in [6.45, 7) is 0. The molecule has 2 nitrogen and oxygen atoms in total. The van der Waals surface area contributed by atoms with Gasteiger partial charge in [-0.15, -0.1) is 0 Å². The molecule has 6 heteroatoms. The number of rotatable bonds is 1. The van der Waals surface area contributed by atoms with Gasteiger partial charge in [-0.25, -0.2) is 12.8 Å². The molecule has 0 N–H and O–H groups in total. The summed E-state index contributed by atoms with van der Waals surface area (Å²) in [6, 6.07) is 3.88. The fraction of sp³-hybridized carbons (Fsp3) is 0. The van der Waals surface area contributed by atoms with E-state index in [1.807, 2.05) is 0 Å². The average molecular weight is 274 g/mol. The van der Waals surface area contributed by atoms with Crippen LogP contribution < -0.4 is 0 Å². The molecule has 0 fully saturated rings. The number of halogens is 3. The Morgan fingerprint density at radius 3 is 2.42 bits per heavy atom. The van der Waals surface area contributed by atoms with Crippen LogP contribution in [-0.4, -0.2) is 8.42 Å². The molecule has 0 bridgehead atoms. The molecule has 0 aliphatic carbocycles. The number of benzene rings is 1. The van der Waals surface area contributed by atoms with Gasteiger partial charge in [0.2, 0.25) is 0 Å². The quantitative estimate of drug-likeness (QED) is 0.737. The second-order valence-electron chi connectivity index (χ2n) is 1.99. The van der Waals surface area contributed by atoms with Crippen molar-refractivity contribution in [2.24, 2.45) is 0 Å². The lowest BCUT2D eigenvalue weighted by Crippen LogP contribution is -1.95. The predicted molar refractivity (Wildman–Crippen MR) is 47.1 cm³/mol. The highest BCUT2D eigenvalue weighted by Gasteiger charge is 2.17. The summed E-state index contributed by atoms with van der Waals surface area (Å²) in [5.74, 6) is -0.868. The summed E-state index contributed by atoms with van der Waals surface area (Å²) in [6.07, 6.45) is 0. The first kappa shape index (κ1) is 9.95. The molecule has 0 heterocycles. The summed E-state index contributed by atoms with van der Waals surface area (Å²) in [5, 5.41) is 0. The van der Waals surface area contributed by atoms with Crippen molar-refractivity contribution in [3.63, 3.8) is 0 Å². The van der Waals surface area contributed by atoms with E-state index in [4.69, 9.17) is 10.7 Å². The highest BCUT2D eigenvalue weighted by molar-refractivity contribution is 9.10. The molecule has 12 heavy (non-hydrogen) atoms. The lowest BCUT2D eigenvalue weighted by Gasteiger charge is -1.98. The minimum atomic E-state index is -3.99. The molecule has 0 aliphatic heterocycles. The monoisotopic (exact) mass is 272 g/mol. The van der Waals surface area contributed by atoms with Gasteiger partial charge < -0.3 is 0 Å². The molecule has 66 valence electrons. The van der Waals surface area contributed by atoms with E-state index in [1.165, 1.54) is 12.1 Å². The van der Waals surface area contributed by atoms with Crippen LogP contribution in [0.1, 0.15) is 0 Å². The van der Waals surface area contributed by atoms with Crippen LogP contribution in [0.25, 0.3) is 0 Å². The first-order valence-electron chi connectivity index (χ1n) is 2.81. The Morgan fingerprint density at radius 2 is 2.00 bits per heavy atom. The second-order valence-corrected chi connectivity index (χ2v) is 5.38. The summed E-state index contributed by atoms with van der Waals surface area (Å²) < 4.78 is 34.5. The Morgan fingerprint density at radius 1 is 1.42 bits per heavy atom. The van der Waals surface area contributed by atoms with E-state index in [0.717, 1.165) is 6.07 Å². The Bertz CT molecular complexity index is 404. The van der Waals surface area contributed by atoms with Gasteiger partial charge in [0.1, 0.15) is 4.90 Å². The minimum absolute atomic E-state index is 0.0734. The van der Waals surface area contributed by atoms with Crippen molar-refractivity contribution in [2.45, 2.75) is 4.90 Å². The van der Waals surface area contributed by atoms with Crippen molar-refractivity contribution < 1.29 is 12.8 Å². The maximum atomic E-state index is 13.0. The van der Waals surface area contributed by atoms with Gasteiger partial charge in [-0.1, -0.05) is 6.07 Å². The average Bonchev–Trinajstić information content (AvgIpc) is 1.92. The molecule has 0 saturated heterocycles. The fourth-order valence-corrected chi connectivity index (χ4v) is 2.09. The summed E-state index contributed by atoms with van der Waals surface area (Å²) in [5.41, 5.74) is 0. The minimum Gasteiger partial charge on any atom is -0.207 e. The Kier molecular flexibility index (Phi) is 2.75. The highest BCUT2D eigenvalue weighted by Crippen LogP contribution is 2.24. The van der Waals surface area contributed by atoms with Gasteiger partial charge in [-0.3, -0.25) is 0 Å². The van der Waals surface area contributed by atoms with E-state index in [0.29, 0.717) is 0 Å². The molecule has 0 saturated carbocycles. The topological polar surface area (TPSA) is 34.1 Å². The van der Waals surface area contributed by atoms with Crippen molar-refractivity contribution >= 4 is 35.7 Å². The first-order chi connectivity index (χ1) is 5.43. The van der Waals surface area contributed by atoms with Gasteiger partial charge in [0.05, 0.1) is 4.47 Å². The van der Waals surface area contributed by atoms with Gasteiger partial charge in [-0.05, 0) is 28.1 Å². The van der Waals surface area contributed by atoms with E-state index in [9.17, 15) is 12.8 Å². The Balaban J connectivity index is 3.47. The van der Waals surface area contributed by atoms with Crippen molar-refractivity contribution in [1.82, 2.24) is 0 Å². The van der Waals surface area contributed by atoms with Crippen LogP contribution >= 0.6 is 26.6 Å². The molecule has 0 amide bonds. The van der Waals surface area contributed by atoms with Crippen LogP contribution in [0, 0.1) is 5.82 Å². The van der Waals surface area contributed by atoms with Gasteiger partial charge in [-0.2, -0.15) is 0 Å². The lowest BCUT2D eigenvalue weighted by atomic mass is 10.3. The summed E-state index contributed by atoms with van der Waals surface area (Å²) in [7, 11) is 0.958. The standard InChI is InChI=1S/C6H3BrClFO2S/c7-4-2-1-3-5(6(4)9)12(8,10)11/h1-3H. The Labute approximate surface area is 81.9 Å². The molecule has 0 unspecified atom stereocenters. The van der Waals surface area contributed by atoms with Crippen molar-refractivity contribution in [2.75, 3.05) is 0 Å². The van der Waals surface area contributed by atoms with Gasteiger partial charge in [0.15, 0.2) is 5.82 Å². The van der Waals surface area contributed by atoms with Gasteiger partial charge in [0, 0.05) is 10.7 Å². The van der Waals surface area contributed by atoms with E-state index in [1.54, 1.807) is 0 Å². The normalized spacial score (nSPS) is 11.6. The fourth-order valence-electron chi connectivity index (χ4n) is 0.672. The molecule has 0 aliphatic rings. The maximum absolute atomic E-state index is 13.0. The maximum Gasteiger partial charge on any atom is 0.264 e. The molecular formula is C6H3BrClFO2S. The van der Waals surface area contributed by atoms with Crippen molar-refractivity contribution in [1.29, 1.82) is 0 Å². The summed E-state index contributed by atoms with van der Waals surface area (Å²) >= 11 is 2.84. The third kappa shape index (κ3) is 1.97. The zero-order chi connectivity index (χ0) is 9.35.